The van der Waals surface area contributed by atoms with Crippen LogP contribution in [0.1, 0.15) is 48.7 Å². The van der Waals surface area contributed by atoms with Crippen molar-refractivity contribution in [2.75, 3.05) is 37.6 Å². The zero-order valence-electron chi connectivity index (χ0n) is 20.3. The van der Waals surface area contributed by atoms with E-state index in [1.807, 2.05) is 13.0 Å². The maximum Gasteiger partial charge on any atom is 0.329 e. The second kappa shape index (κ2) is 9.65. The first kappa shape index (κ1) is 23.3. The number of benzene rings is 1. The number of para-hydroxylation sites is 1. The molecule has 2 N–H and O–H groups in total. The first-order valence-electron chi connectivity index (χ1n) is 12.5. The van der Waals surface area contributed by atoms with Crippen molar-refractivity contribution in [3.63, 3.8) is 0 Å². The highest BCUT2D eigenvalue weighted by Crippen LogP contribution is 2.39. The molecule has 1 saturated carbocycles. The molecule has 1 aromatic carbocycles. The molecular weight excluding hydrogens is 444 g/mol. The largest absolute Gasteiger partial charge is 0.369 e. The standard InChI is InChI=1S/C26H32N6O3/c1-3-32-23-22(25(34)29-26(32)35)20(15-21(28-23)18-9-10-18)24(33)27-16-17(2)30-11-13-31(14-12-30)19-7-5-4-6-8-19/h4-8,15,17-18H,3,9-14,16H2,1-2H3,(H,27,33)(H,29,34,35). The number of hydrogen-bond acceptors (Lipinski definition) is 6. The Morgan fingerprint density at radius 2 is 1.86 bits per heavy atom. The van der Waals surface area contributed by atoms with Crippen LogP contribution in [0.5, 0.6) is 0 Å². The van der Waals surface area contributed by atoms with Gasteiger partial charge in [-0.1, -0.05) is 18.2 Å². The van der Waals surface area contributed by atoms with Gasteiger partial charge >= 0.3 is 5.69 Å². The van der Waals surface area contributed by atoms with Crippen LogP contribution in [-0.2, 0) is 6.54 Å². The second-order valence-electron chi connectivity index (χ2n) is 9.49. The van der Waals surface area contributed by atoms with Gasteiger partial charge in [-0.2, -0.15) is 0 Å². The fourth-order valence-corrected chi connectivity index (χ4v) is 4.88. The molecule has 9 heteroatoms. The number of rotatable bonds is 7. The van der Waals surface area contributed by atoms with E-state index in [1.165, 1.54) is 10.3 Å². The van der Waals surface area contributed by atoms with Gasteiger partial charge < -0.3 is 10.2 Å². The van der Waals surface area contributed by atoms with Gasteiger partial charge in [0.05, 0.1) is 10.9 Å². The Bertz CT molecular complexity index is 1340. The van der Waals surface area contributed by atoms with E-state index in [-0.39, 0.29) is 23.3 Å². The molecule has 1 unspecified atom stereocenters. The Morgan fingerprint density at radius 3 is 2.51 bits per heavy atom. The van der Waals surface area contributed by atoms with Gasteiger partial charge in [-0.25, -0.2) is 9.78 Å². The number of piperazine rings is 1. The summed E-state index contributed by atoms with van der Waals surface area (Å²) in [5.74, 6) is -0.0219. The maximum absolute atomic E-state index is 13.3. The first-order chi connectivity index (χ1) is 17.0. The number of fused-ring (bicyclic) bond motifs is 1. The molecule has 1 amide bonds. The van der Waals surface area contributed by atoms with Gasteiger partial charge in [-0.3, -0.25) is 24.0 Å². The van der Waals surface area contributed by atoms with E-state index in [0.29, 0.717) is 24.3 Å². The van der Waals surface area contributed by atoms with Crippen molar-refractivity contribution < 1.29 is 4.79 Å². The number of carbonyl (C=O) groups excluding carboxylic acids is 1. The van der Waals surface area contributed by atoms with Crippen LogP contribution in [-0.4, -0.2) is 64.1 Å². The predicted molar refractivity (Wildman–Crippen MR) is 136 cm³/mol. The SMILES string of the molecule is CCn1c(=O)[nH]c(=O)c2c(C(=O)NCC(C)N3CCN(c4ccccc4)CC3)cc(C3CC3)nc21. The third-order valence-corrected chi connectivity index (χ3v) is 7.14. The third-order valence-electron chi connectivity index (χ3n) is 7.14. The fourth-order valence-electron chi connectivity index (χ4n) is 4.88. The first-order valence-corrected chi connectivity index (χ1v) is 12.5. The number of aryl methyl sites for hydroxylation is 1. The molecule has 3 heterocycles. The van der Waals surface area contributed by atoms with E-state index in [1.54, 1.807) is 6.07 Å². The number of H-pyrrole nitrogens is 1. The minimum Gasteiger partial charge on any atom is -0.369 e. The average Bonchev–Trinajstić information content (AvgIpc) is 3.73. The molecule has 1 saturated heterocycles. The van der Waals surface area contributed by atoms with Gasteiger partial charge in [0.2, 0.25) is 0 Å². The number of aromatic amines is 1. The second-order valence-corrected chi connectivity index (χ2v) is 9.49. The zero-order chi connectivity index (χ0) is 24.5. The van der Waals surface area contributed by atoms with Gasteiger partial charge in [0.15, 0.2) is 5.65 Å². The molecular formula is C26H32N6O3. The van der Waals surface area contributed by atoms with E-state index < -0.39 is 11.2 Å². The fraction of sp³-hybridized carbons (Fsp3) is 0.462. The molecule has 1 aliphatic carbocycles. The van der Waals surface area contributed by atoms with Crippen molar-refractivity contribution in [2.45, 2.75) is 45.2 Å². The van der Waals surface area contributed by atoms with Crippen LogP contribution in [0.15, 0.2) is 46.0 Å². The monoisotopic (exact) mass is 476 g/mol. The van der Waals surface area contributed by atoms with Crippen molar-refractivity contribution in [1.29, 1.82) is 0 Å². The van der Waals surface area contributed by atoms with Crippen LogP contribution in [0, 0.1) is 0 Å². The van der Waals surface area contributed by atoms with Gasteiger partial charge in [0.25, 0.3) is 11.5 Å². The molecule has 35 heavy (non-hydrogen) atoms. The minimum absolute atomic E-state index is 0.153. The van der Waals surface area contributed by atoms with Crippen molar-refractivity contribution in [1.82, 2.24) is 24.8 Å². The van der Waals surface area contributed by atoms with E-state index in [9.17, 15) is 14.4 Å². The molecule has 2 aromatic heterocycles. The molecule has 0 radical (unpaired) electrons. The lowest BCUT2D eigenvalue weighted by molar-refractivity contribution is 0.0935. The highest BCUT2D eigenvalue weighted by Gasteiger charge is 2.29. The number of carbonyl (C=O) groups is 1. The highest BCUT2D eigenvalue weighted by atomic mass is 16.2. The Labute approximate surface area is 203 Å². The topological polar surface area (TPSA) is 103 Å². The minimum atomic E-state index is -0.570. The number of aromatic nitrogens is 3. The van der Waals surface area contributed by atoms with Crippen LogP contribution < -0.4 is 21.5 Å². The number of pyridine rings is 1. The number of amides is 1. The average molecular weight is 477 g/mol. The summed E-state index contributed by atoms with van der Waals surface area (Å²) in [4.78, 5) is 50.1. The molecule has 0 spiro atoms. The van der Waals surface area contributed by atoms with Crippen LogP contribution in [0.2, 0.25) is 0 Å². The Balaban J connectivity index is 1.31. The number of nitrogens with one attached hydrogen (secondary N) is 2. The van der Waals surface area contributed by atoms with Crippen LogP contribution in [0.4, 0.5) is 5.69 Å². The van der Waals surface area contributed by atoms with E-state index in [2.05, 4.69) is 56.3 Å². The predicted octanol–water partition coefficient (Wildman–Crippen LogP) is 1.92. The summed E-state index contributed by atoms with van der Waals surface area (Å²) in [5, 5.41) is 3.21. The van der Waals surface area contributed by atoms with Crippen LogP contribution >= 0.6 is 0 Å². The maximum atomic E-state index is 13.3. The summed E-state index contributed by atoms with van der Waals surface area (Å²) in [6.07, 6.45) is 2.01. The summed E-state index contributed by atoms with van der Waals surface area (Å²) >= 11 is 0. The van der Waals surface area contributed by atoms with E-state index >= 15 is 0 Å². The molecule has 2 aliphatic rings. The van der Waals surface area contributed by atoms with Crippen molar-refractivity contribution in [2.24, 2.45) is 0 Å². The summed E-state index contributed by atoms with van der Waals surface area (Å²) in [7, 11) is 0. The van der Waals surface area contributed by atoms with Gasteiger partial charge in [0.1, 0.15) is 0 Å². The molecule has 1 aliphatic heterocycles. The van der Waals surface area contributed by atoms with Crippen molar-refractivity contribution in [3.8, 4) is 0 Å². The van der Waals surface area contributed by atoms with E-state index in [4.69, 9.17) is 0 Å². The van der Waals surface area contributed by atoms with Crippen molar-refractivity contribution in [3.05, 3.63) is 68.5 Å². The molecule has 9 nitrogen and oxygen atoms in total. The summed E-state index contributed by atoms with van der Waals surface area (Å²) in [5.41, 5.74) is 1.53. The highest BCUT2D eigenvalue weighted by molar-refractivity contribution is 6.05. The van der Waals surface area contributed by atoms with Gasteiger partial charge in [0, 0.05) is 62.6 Å². The molecule has 2 fully saturated rings. The molecule has 5 rings (SSSR count). The lowest BCUT2D eigenvalue weighted by Crippen LogP contribution is -2.52. The summed E-state index contributed by atoms with van der Waals surface area (Å²) in [6, 6.07) is 12.3. The quantitative estimate of drug-likeness (QED) is 0.540. The van der Waals surface area contributed by atoms with E-state index in [0.717, 1.165) is 44.7 Å². The molecule has 3 aromatic rings. The number of hydrogen-bond donors (Lipinski definition) is 2. The van der Waals surface area contributed by atoms with Crippen molar-refractivity contribution >= 4 is 22.6 Å². The Morgan fingerprint density at radius 1 is 1.14 bits per heavy atom. The summed E-state index contributed by atoms with van der Waals surface area (Å²) < 4.78 is 1.42. The molecule has 1 atom stereocenters. The van der Waals surface area contributed by atoms with Crippen LogP contribution in [0.25, 0.3) is 11.0 Å². The van der Waals surface area contributed by atoms with Gasteiger partial charge in [-0.05, 0) is 44.9 Å². The lowest BCUT2D eigenvalue weighted by Gasteiger charge is -2.39. The van der Waals surface area contributed by atoms with Crippen LogP contribution in [0.3, 0.4) is 0 Å². The number of anilines is 1. The lowest BCUT2D eigenvalue weighted by atomic mass is 10.1. The Hall–Kier alpha value is -3.46. The summed E-state index contributed by atoms with van der Waals surface area (Å²) in [6.45, 7) is 8.47. The Kier molecular flexibility index (Phi) is 6.42. The molecule has 0 bridgehead atoms. The normalized spacial score (nSPS) is 17.5. The molecule has 184 valence electrons. The third kappa shape index (κ3) is 4.73. The zero-order valence-corrected chi connectivity index (χ0v) is 20.3. The number of nitrogens with zero attached hydrogens (tertiary/aromatic N) is 4. The van der Waals surface area contributed by atoms with Gasteiger partial charge in [-0.15, -0.1) is 0 Å². The smallest absolute Gasteiger partial charge is 0.329 e.